The second-order valence-electron chi connectivity index (χ2n) is 3.15. The van der Waals surface area contributed by atoms with Gasteiger partial charge in [0, 0.05) is 19.3 Å². The Morgan fingerprint density at radius 1 is 1.57 bits per heavy atom. The zero-order valence-corrected chi connectivity index (χ0v) is 8.48. The summed E-state index contributed by atoms with van der Waals surface area (Å²) in [5.41, 5.74) is 1.14. The highest BCUT2D eigenvalue weighted by Crippen LogP contribution is 2.10. The third-order valence-corrected chi connectivity index (χ3v) is 1.94. The number of aromatic nitrogens is 1. The predicted octanol–water partition coefficient (Wildman–Crippen LogP) is 1.37. The summed E-state index contributed by atoms with van der Waals surface area (Å²) >= 11 is 0. The topological polar surface area (TPSA) is 36.4 Å². The number of aryl methyl sites for hydroxylation is 1. The second kappa shape index (κ2) is 5.40. The molecule has 3 heteroatoms. The average Bonchev–Trinajstić information content (AvgIpc) is 2.19. The van der Waals surface area contributed by atoms with Crippen molar-refractivity contribution < 1.29 is 5.11 Å². The summed E-state index contributed by atoms with van der Waals surface area (Å²) in [5, 5.41) is 8.88. The molecule has 0 aliphatic heterocycles. The van der Waals surface area contributed by atoms with E-state index in [1.165, 1.54) is 0 Å². The van der Waals surface area contributed by atoms with Crippen molar-refractivity contribution in [1.82, 2.24) is 4.98 Å². The van der Waals surface area contributed by atoms with Crippen LogP contribution in [0.15, 0.2) is 31.0 Å². The molecule has 1 rings (SSSR count). The Hall–Kier alpha value is -1.35. The first-order chi connectivity index (χ1) is 6.77. The van der Waals surface area contributed by atoms with E-state index >= 15 is 0 Å². The Labute approximate surface area is 84.7 Å². The maximum Gasteiger partial charge on any atom is 0.128 e. The van der Waals surface area contributed by atoms with Crippen molar-refractivity contribution >= 4 is 5.82 Å². The molecule has 0 saturated carbocycles. The number of hydrogen-bond donors (Lipinski definition) is 1. The molecule has 0 aromatic carbocycles. The number of hydrogen-bond acceptors (Lipinski definition) is 3. The predicted molar refractivity (Wildman–Crippen MR) is 58.5 cm³/mol. The first-order valence-electron chi connectivity index (χ1n) is 4.67. The molecule has 0 unspecified atom stereocenters. The quantitative estimate of drug-likeness (QED) is 0.716. The number of pyridine rings is 1. The lowest BCUT2D eigenvalue weighted by Crippen LogP contribution is -2.27. The molecule has 76 valence electrons. The highest BCUT2D eigenvalue weighted by Gasteiger charge is 2.03. The van der Waals surface area contributed by atoms with Crippen LogP contribution in [0.1, 0.15) is 5.56 Å². The van der Waals surface area contributed by atoms with Gasteiger partial charge in [0.05, 0.1) is 6.61 Å². The van der Waals surface area contributed by atoms with Gasteiger partial charge in [0.1, 0.15) is 5.82 Å². The summed E-state index contributed by atoms with van der Waals surface area (Å²) in [6, 6.07) is 3.96. The van der Waals surface area contributed by atoms with Crippen LogP contribution in [0.3, 0.4) is 0 Å². The first kappa shape index (κ1) is 10.7. The van der Waals surface area contributed by atoms with Crippen molar-refractivity contribution in [3.63, 3.8) is 0 Å². The summed E-state index contributed by atoms with van der Waals surface area (Å²) in [7, 11) is 0. The van der Waals surface area contributed by atoms with Crippen molar-refractivity contribution in [2.24, 2.45) is 0 Å². The van der Waals surface area contributed by atoms with Crippen LogP contribution in [0.5, 0.6) is 0 Å². The molecule has 0 spiro atoms. The van der Waals surface area contributed by atoms with Gasteiger partial charge in [0.2, 0.25) is 0 Å². The van der Waals surface area contributed by atoms with Crippen LogP contribution in [-0.2, 0) is 0 Å². The fraction of sp³-hybridized carbons (Fsp3) is 0.364. The molecule has 1 aromatic rings. The molecule has 0 amide bonds. The Kier molecular flexibility index (Phi) is 4.13. The molecule has 0 radical (unpaired) electrons. The Morgan fingerprint density at radius 2 is 2.36 bits per heavy atom. The molecule has 3 nitrogen and oxygen atoms in total. The normalized spacial score (nSPS) is 9.86. The van der Waals surface area contributed by atoms with Crippen LogP contribution in [0.25, 0.3) is 0 Å². The van der Waals surface area contributed by atoms with Gasteiger partial charge in [-0.05, 0) is 18.6 Å². The molecule has 0 aliphatic rings. The van der Waals surface area contributed by atoms with Crippen LogP contribution >= 0.6 is 0 Å². The molecule has 0 bridgehead atoms. The minimum atomic E-state index is 0.128. The smallest absolute Gasteiger partial charge is 0.128 e. The highest BCUT2D eigenvalue weighted by molar-refractivity contribution is 5.39. The van der Waals surface area contributed by atoms with Gasteiger partial charge in [-0.3, -0.25) is 0 Å². The van der Waals surface area contributed by atoms with Gasteiger partial charge in [-0.15, -0.1) is 6.58 Å². The van der Waals surface area contributed by atoms with Gasteiger partial charge >= 0.3 is 0 Å². The highest BCUT2D eigenvalue weighted by atomic mass is 16.3. The lowest BCUT2D eigenvalue weighted by molar-refractivity contribution is 0.302. The van der Waals surface area contributed by atoms with Crippen LogP contribution in [-0.4, -0.2) is 29.8 Å². The van der Waals surface area contributed by atoms with Gasteiger partial charge in [0.15, 0.2) is 0 Å². The third-order valence-electron chi connectivity index (χ3n) is 1.94. The van der Waals surface area contributed by atoms with Gasteiger partial charge in [-0.1, -0.05) is 12.1 Å². The fourth-order valence-electron chi connectivity index (χ4n) is 1.22. The van der Waals surface area contributed by atoms with Crippen LogP contribution in [0.4, 0.5) is 5.82 Å². The monoisotopic (exact) mass is 192 g/mol. The minimum absolute atomic E-state index is 0.128. The van der Waals surface area contributed by atoms with Gasteiger partial charge in [-0.25, -0.2) is 4.98 Å². The van der Waals surface area contributed by atoms with Crippen molar-refractivity contribution in [1.29, 1.82) is 0 Å². The molecule has 0 saturated heterocycles. The van der Waals surface area contributed by atoms with Crippen LogP contribution < -0.4 is 4.90 Å². The zero-order valence-electron chi connectivity index (χ0n) is 8.48. The molecule has 1 N–H and O–H groups in total. The molecular formula is C11H16N2O. The lowest BCUT2D eigenvalue weighted by Gasteiger charge is -2.20. The lowest BCUT2D eigenvalue weighted by atomic mass is 10.3. The van der Waals surface area contributed by atoms with Gasteiger partial charge in [0.25, 0.3) is 0 Å². The first-order valence-corrected chi connectivity index (χ1v) is 4.67. The summed E-state index contributed by atoms with van der Waals surface area (Å²) < 4.78 is 0. The average molecular weight is 192 g/mol. The van der Waals surface area contributed by atoms with Crippen molar-refractivity contribution in [2.75, 3.05) is 24.6 Å². The zero-order chi connectivity index (χ0) is 10.4. The molecule has 1 aromatic heterocycles. The molecule has 0 atom stereocenters. The molecule has 0 aliphatic carbocycles. The summed E-state index contributed by atoms with van der Waals surface area (Å²) in [6.45, 7) is 7.09. The third kappa shape index (κ3) is 2.85. The number of anilines is 1. The van der Waals surface area contributed by atoms with Gasteiger partial charge < -0.3 is 10.0 Å². The minimum Gasteiger partial charge on any atom is -0.395 e. The van der Waals surface area contributed by atoms with E-state index in [0.29, 0.717) is 13.1 Å². The number of nitrogens with zero attached hydrogens (tertiary/aromatic N) is 2. The van der Waals surface area contributed by atoms with E-state index in [0.717, 1.165) is 11.4 Å². The molecule has 1 heterocycles. The van der Waals surface area contributed by atoms with E-state index in [2.05, 4.69) is 11.6 Å². The van der Waals surface area contributed by atoms with E-state index in [-0.39, 0.29) is 6.61 Å². The van der Waals surface area contributed by atoms with Gasteiger partial charge in [-0.2, -0.15) is 0 Å². The number of rotatable bonds is 5. The Morgan fingerprint density at radius 3 is 2.86 bits per heavy atom. The van der Waals surface area contributed by atoms with E-state index in [1.54, 1.807) is 6.08 Å². The standard InChI is InChI=1S/C11H16N2O/c1-3-6-13(7-8-14)11-5-4-10(2)9-12-11/h3-5,9,14H,1,6-8H2,2H3. The maximum atomic E-state index is 8.88. The van der Waals surface area contributed by atoms with E-state index in [1.807, 2.05) is 30.2 Å². The van der Waals surface area contributed by atoms with E-state index in [9.17, 15) is 0 Å². The SMILES string of the molecule is C=CCN(CCO)c1ccc(C)cn1. The fourth-order valence-corrected chi connectivity index (χ4v) is 1.22. The Balaban J connectivity index is 2.76. The summed E-state index contributed by atoms with van der Waals surface area (Å²) in [4.78, 5) is 6.26. The molecule has 0 fully saturated rings. The Bertz CT molecular complexity index is 282. The van der Waals surface area contributed by atoms with Crippen LogP contribution in [0, 0.1) is 6.92 Å². The number of aliphatic hydroxyl groups is 1. The maximum absolute atomic E-state index is 8.88. The second-order valence-corrected chi connectivity index (χ2v) is 3.15. The van der Waals surface area contributed by atoms with Crippen molar-refractivity contribution in [3.05, 3.63) is 36.5 Å². The number of aliphatic hydroxyl groups excluding tert-OH is 1. The molecule has 14 heavy (non-hydrogen) atoms. The van der Waals surface area contributed by atoms with Crippen molar-refractivity contribution in [3.8, 4) is 0 Å². The van der Waals surface area contributed by atoms with Crippen LogP contribution in [0.2, 0.25) is 0 Å². The van der Waals surface area contributed by atoms with E-state index < -0.39 is 0 Å². The molecular weight excluding hydrogens is 176 g/mol. The van der Waals surface area contributed by atoms with E-state index in [4.69, 9.17) is 5.11 Å². The largest absolute Gasteiger partial charge is 0.395 e. The summed E-state index contributed by atoms with van der Waals surface area (Å²) in [6.07, 6.45) is 3.62. The summed E-state index contributed by atoms with van der Waals surface area (Å²) in [5.74, 6) is 0.879. The van der Waals surface area contributed by atoms with Crippen molar-refractivity contribution in [2.45, 2.75) is 6.92 Å².